The molecule has 0 spiro atoms. The number of fused-ring (bicyclic) bond motifs is 1. The van der Waals surface area contributed by atoms with E-state index in [1.165, 1.54) is 0 Å². The van der Waals surface area contributed by atoms with Crippen LogP contribution in [0, 0.1) is 6.20 Å². The molecule has 0 bridgehead atoms. The topological polar surface area (TPSA) is 34.2 Å². The number of aromatic amines is 1. The van der Waals surface area contributed by atoms with Gasteiger partial charge in [0.15, 0.2) is 5.75 Å². The Bertz CT molecular complexity index is 420. The molecule has 0 amide bonds. The number of methoxy groups -OCH3 is 2. The molecule has 67 valence electrons. The van der Waals surface area contributed by atoms with Gasteiger partial charge in [0.2, 0.25) is 0 Å². The summed E-state index contributed by atoms with van der Waals surface area (Å²) in [7, 11) is 3.26. The first kappa shape index (κ1) is 7.98. The van der Waals surface area contributed by atoms with E-state index in [-0.39, 0.29) is 0 Å². The van der Waals surface area contributed by atoms with Gasteiger partial charge in [0, 0.05) is 0 Å². The fourth-order valence-electron chi connectivity index (χ4n) is 1.38. The summed E-state index contributed by atoms with van der Waals surface area (Å²) in [5.74, 6) is 1.49. The van der Waals surface area contributed by atoms with Crippen LogP contribution in [0.15, 0.2) is 18.2 Å². The standard InChI is InChI=1S/C10H10NO2/c1-12-8-5-3-4-7-10(8)9(13-2)6-11-7/h3-5,11H,1-2H3. The van der Waals surface area contributed by atoms with E-state index in [2.05, 4.69) is 11.2 Å². The van der Waals surface area contributed by atoms with Crippen molar-refractivity contribution < 1.29 is 9.47 Å². The Morgan fingerprint density at radius 3 is 2.77 bits per heavy atom. The van der Waals surface area contributed by atoms with Gasteiger partial charge < -0.3 is 14.5 Å². The van der Waals surface area contributed by atoms with Crippen LogP contribution in [0.3, 0.4) is 0 Å². The summed E-state index contributed by atoms with van der Waals surface area (Å²) in [6, 6.07) is 5.77. The van der Waals surface area contributed by atoms with Gasteiger partial charge in [0.25, 0.3) is 0 Å². The molecule has 13 heavy (non-hydrogen) atoms. The molecular weight excluding hydrogens is 166 g/mol. The first-order chi connectivity index (χ1) is 6.36. The van der Waals surface area contributed by atoms with Crippen molar-refractivity contribution in [2.75, 3.05) is 14.2 Å². The highest BCUT2D eigenvalue weighted by atomic mass is 16.5. The number of hydrogen-bond donors (Lipinski definition) is 1. The zero-order valence-electron chi connectivity index (χ0n) is 7.55. The van der Waals surface area contributed by atoms with Crippen LogP contribution in [0.4, 0.5) is 0 Å². The Morgan fingerprint density at radius 1 is 1.23 bits per heavy atom. The number of rotatable bonds is 2. The van der Waals surface area contributed by atoms with Crippen LogP contribution in [0.1, 0.15) is 0 Å². The van der Waals surface area contributed by atoms with Crippen molar-refractivity contribution in [2.45, 2.75) is 0 Å². The zero-order valence-corrected chi connectivity index (χ0v) is 7.55. The van der Waals surface area contributed by atoms with Crippen molar-refractivity contribution in [1.29, 1.82) is 0 Å². The van der Waals surface area contributed by atoms with Crippen molar-refractivity contribution in [3.05, 3.63) is 24.4 Å². The van der Waals surface area contributed by atoms with E-state index >= 15 is 0 Å². The molecule has 0 unspecified atom stereocenters. The molecule has 0 aliphatic carbocycles. The first-order valence-corrected chi connectivity index (χ1v) is 3.97. The highest BCUT2D eigenvalue weighted by molar-refractivity contribution is 5.91. The van der Waals surface area contributed by atoms with Gasteiger partial charge in [0.1, 0.15) is 11.9 Å². The number of ether oxygens (including phenoxy) is 2. The predicted octanol–water partition coefficient (Wildman–Crippen LogP) is 1.99. The van der Waals surface area contributed by atoms with E-state index in [1.54, 1.807) is 14.2 Å². The Kier molecular flexibility index (Phi) is 1.85. The fourth-order valence-corrected chi connectivity index (χ4v) is 1.38. The lowest BCUT2D eigenvalue weighted by atomic mass is 10.2. The van der Waals surface area contributed by atoms with Gasteiger partial charge >= 0.3 is 0 Å². The molecule has 2 rings (SSSR count). The highest BCUT2D eigenvalue weighted by Crippen LogP contribution is 2.32. The van der Waals surface area contributed by atoms with Gasteiger partial charge in [-0.15, -0.1) is 0 Å². The maximum Gasteiger partial charge on any atom is 0.157 e. The summed E-state index contributed by atoms with van der Waals surface area (Å²) in [6.07, 6.45) is 2.91. The Labute approximate surface area is 76.3 Å². The summed E-state index contributed by atoms with van der Waals surface area (Å²) >= 11 is 0. The van der Waals surface area contributed by atoms with Gasteiger partial charge in [0.05, 0.1) is 25.1 Å². The van der Waals surface area contributed by atoms with E-state index in [9.17, 15) is 0 Å². The van der Waals surface area contributed by atoms with Gasteiger partial charge in [-0.1, -0.05) is 6.07 Å². The van der Waals surface area contributed by atoms with E-state index in [0.717, 1.165) is 16.7 Å². The second-order valence-electron chi connectivity index (χ2n) is 2.67. The number of H-pyrrole nitrogens is 1. The lowest BCUT2D eigenvalue weighted by Gasteiger charge is -2.02. The minimum atomic E-state index is 0.687. The molecule has 1 radical (unpaired) electrons. The molecule has 0 fully saturated rings. The van der Waals surface area contributed by atoms with Crippen LogP contribution in [0.25, 0.3) is 10.9 Å². The number of aromatic nitrogens is 1. The molecule has 3 heteroatoms. The third-order valence-corrected chi connectivity index (χ3v) is 1.99. The van der Waals surface area contributed by atoms with Crippen LogP contribution >= 0.6 is 0 Å². The van der Waals surface area contributed by atoms with E-state index in [4.69, 9.17) is 9.47 Å². The molecule has 0 saturated carbocycles. The highest BCUT2D eigenvalue weighted by Gasteiger charge is 2.08. The minimum Gasteiger partial charge on any atom is -0.496 e. The quantitative estimate of drug-likeness (QED) is 0.759. The van der Waals surface area contributed by atoms with E-state index in [1.807, 2.05) is 18.2 Å². The lowest BCUT2D eigenvalue weighted by molar-refractivity contribution is 0.405. The van der Waals surface area contributed by atoms with Crippen molar-refractivity contribution in [2.24, 2.45) is 0 Å². The number of hydrogen-bond acceptors (Lipinski definition) is 2. The van der Waals surface area contributed by atoms with Gasteiger partial charge in [-0.05, 0) is 12.1 Å². The summed E-state index contributed by atoms with van der Waals surface area (Å²) in [5, 5.41) is 0.938. The summed E-state index contributed by atoms with van der Waals surface area (Å²) in [6.45, 7) is 0. The molecule has 1 aromatic heterocycles. The fraction of sp³-hybridized carbons (Fsp3) is 0.200. The molecule has 0 saturated heterocycles. The van der Waals surface area contributed by atoms with E-state index in [0.29, 0.717) is 5.75 Å². The van der Waals surface area contributed by atoms with Crippen molar-refractivity contribution in [3.8, 4) is 11.5 Å². The number of nitrogens with one attached hydrogen (secondary N) is 1. The maximum atomic E-state index is 5.21. The molecule has 0 aliphatic heterocycles. The SMILES string of the molecule is COc1[c][nH]c2cccc(OC)c12. The monoisotopic (exact) mass is 176 g/mol. The summed E-state index contributed by atoms with van der Waals surface area (Å²) < 4.78 is 10.4. The van der Waals surface area contributed by atoms with Crippen LogP contribution in [-0.4, -0.2) is 19.2 Å². The second-order valence-corrected chi connectivity index (χ2v) is 2.67. The van der Waals surface area contributed by atoms with Crippen LogP contribution < -0.4 is 9.47 Å². The van der Waals surface area contributed by atoms with E-state index < -0.39 is 0 Å². The molecule has 0 aliphatic rings. The summed E-state index contributed by atoms with van der Waals surface area (Å²) in [5.41, 5.74) is 0.969. The van der Waals surface area contributed by atoms with Gasteiger partial charge in [-0.2, -0.15) is 0 Å². The average Bonchev–Trinajstić information content (AvgIpc) is 2.60. The normalized spacial score (nSPS) is 10.3. The second kappa shape index (κ2) is 3.01. The van der Waals surface area contributed by atoms with Crippen LogP contribution in [0.5, 0.6) is 11.5 Å². The Hall–Kier alpha value is -1.64. The van der Waals surface area contributed by atoms with Crippen molar-refractivity contribution in [3.63, 3.8) is 0 Å². The smallest absolute Gasteiger partial charge is 0.157 e. The van der Waals surface area contributed by atoms with Crippen LogP contribution in [-0.2, 0) is 0 Å². The van der Waals surface area contributed by atoms with Crippen LogP contribution in [0.2, 0.25) is 0 Å². The Balaban J connectivity index is 2.76. The van der Waals surface area contributed by atoms with Crippen molar-refractivity contribution >= 4 is 10.9 Å². The molecule has 1 N–H and O–H groups in total. The predicted molar refractivity (Wildman–Crippen MR) is 50.2 cm³/mol. The molecule has 0 atom stereocenters. The third kappa shape index (κ3) is 1.13. The molecule has 1 aromatic carbocycles. The first-order valence-electron chi connectivity index (χ1n) is 3.97. The summed E-state index contributed by atoms with van der Waals surface area (Å²) in [4.78, 5) is 2.98. The molecular formula is C10H10NO2. The molecule has 1 heterocycles. The van der Waals surface area contributed by atoms with Gasteiger partial charge in [-0.25, -0.2) is 0 Å². The zero-order chi connectivity index (χ0) is 9.26. The largest absolute Gasteiger partial charge is 0.496 e. The lowest BCUT2D eigenvalue weighted by Crippen LogP contribution is -1.85. The Morgan fingerprint density at radius 2 is 2.08 bits per heavy atom. The average molecular weight is 176 g/mol. The van der Waals surface area contributed by atoms with Crippen molar-refractivity contribution in [1.82, 2.24) is 4.98 Å². The third-order valence-electron chi connectivity index (χ3n) is 1.99. The molecule has 2 aromatic rings. The maximum absolute atomic E-state index is 5.21. The minimum absolute atomic E-state index is 0.687. The number of benzene rings is 1. The van der Waals surface area contributed by atoms with Gasteiger partial charge in [-0.3, -0.25) is 0 Å². The molecule has 3 nitrogen and oxygen atoms in total.